The highest BCUT2D eigenvalue weighted by molar-refractivity contribution is 9.10. The molecule has 1 unspecified atom stereocenters. The Labute approximate surface area is 124 Å². The summed E-state index contributed by atoms with van der Waals surface area (Å²) in [6.07, 6.45) is -0.167. The van der Waals surface area contributed by atoms with E-state index < -0.39 is 23.1 Å². The van der Waals surface area contributed by atoms with Crippen molar-refractivity contribution in [3.8, 4) is 0 Å². The third kappa shape index (κ3) is 3.53. The zero-order chi connectivity index (χ0) is 14.7. The number of morpholine rings is 1. The van der Waals surface area contributed by atoms with Gasteiger partial charge in [0.05, 0.1) is 12.7 Å². The summed E-state index contributed by atoms with van der Waals surface area (Å²) in [6, 6.07) is 2.14. The fourth-order valence-electron chi connectivity index (χ4n) is 2.06. The standard InChI is InChI=1S/C13H15BrF2N2O2/c1-18(7-9-6-17-2-3-20-9)13(19)12-10(15)4-8(14)5-11(12)16/h4-5,9,17H,2-3,6-7H2,1H3. The Bertz CT molecular complexity index is 484. The summed E-state index contributed by atoms with van der Waals surface area (Å²) in [5.74, 6) is -2.45. The summed E-state index contributed by atoms with van der Waals surface area (Å²) in [5.41, 5.74) is -0.542. The average Bonchev–Trinajstić information content (AvgIpc) is 2.38. The molecule has 1 aliphatic heterocycles. The Hall–Kier alpha value is -1.05. The van der Waals surface area contributed by atoms with E-state index in [9.17, 15) is 13.6 Å². The van der Waals surface area contributed by atoms with Gasteiger partial charge >= 0.3 is 0 Å². The zero-order valence-corrected chi connectivity index (χ0v) is 12.5. The van der Waals surface area contributed by atoms with Crippen LogP contribution in [0, 0.1) is 11.6 Å². The Morgan fingerprint density at radius 1 is 1.50 bits per heavy atom. The molecule has 0 bridgehead atoms. The molecule has 1 N–H and O–H groups in total. The molecule has 0 saturated carbocycles. The summed E-state index contributed by atoms with van der Waals surface area (Å²) in [6.45, 7) is 2.22. The highest BCUT2D eigenvalue weighted by Gasteiger charge is 2.24. The second-order valence-electron chi connectivity index (χ2n) is 4.63. The Balaban J connectivity index is 2.10. The Morgan fingerprint density at radius 3 is 2.70 bits per heavy atom. The smallest absolute Gasteiger partial charge is 0.259 e. The number of likely N-dealkylation sites (N-methyl/N-ethyl adjacent to an activating group) is 1. The number of carbonyl (C=O) groups excluding carboxylic acids is 1. The molecule has 1 saturated heterocycles. The molecular formula is C13H15BrF2N2O2. The first-order valence-corrected chi connectivity index (χ1v) is 7.00. The number of rotatable bonds is 3. The number of benzene rings is 1. The van der Waals surface area contributed by atoms with Crippen molar-refractivity contribution in [3.05, 3.63) is 33.8 Å². The molecule has 20 heavy (non-hydrogen) atoms. The third-order valence-corrected chi connectivity index (χ3v) is 3.51. The van der Waals surface area contributed by atoms with Crippen molar-refractivity contribution in [2.24, 2.45) is 0 Å². The zero-order valence-electron chi connectivity index (χ0n) is 11.0. The Morgan fingerprint density at radius 2 is 2.15 bits per heavy atom. The van der Waals surface area contributed by atoms with Gasteiger partial charge in [0.1, 0.15) is 17.2 Å². The maximum Gasteiger partial charge on any atom is 0.259 e. The maximum atomic E-state index is 13.7. The van der Waals surface area contributed by atoms with E-state index in [1.807, 2.05) is 0 Å². The molecule has 0 aliphatic carbocycles. The van der Waals surface area contributed by atoms with Crippen LogP contribution in [-0.2, 0) is 4.74 Å². The van der Waals surface area contributed by atoms with Crippen molar-refractivity contribution < 1.29 is 18.3 Å². The summed E-state index contributed by atoms with van der Waals surface area (Å²) in [4.78, 5) is 13.4. The molecular weight excluding hydrogens is 334 g/mol. The molecule has 4 nitrogen and oxygen atoms in total. The van der Waals surface area contributed by atoms with Crippen LogP contribution in [0.4, 0.5) is 8.78 Å². The van der Waals surface area contributed by atoms with E-state index in [4.69, 9.17) is 4.74 Å². The minimum atomic E-state index is -0.878. The number of hydrogen-bond donors (Lipinski definition) is 1. The fraction of sp³-hybridized carbons (Fsp3) is 0.462. The quantitative estimate of drug-likeness (QED) is 0.905. The minimum absolute atomic E-state index is 0.167. The van der Waals surface area contributed by atoms with Crippen LogP contribution in [-0.4, -0.2) is 50.2 Å². The van der Waals surface area contributed by atoms with Crippen LogP contribution in [0.15, 0.2) is 16.6 Å². The molecule has 110 valence electrons. The Kier molecular flexibility index (Phi) is 5.06. The number of nitrogens with zero attached hydrogens (tertiary/aromatic N) is 1. The maximum absolute atomic E-state index is 13.7. The van der Waals surface area contributed by atoms with Gasteiger partial charge in [-0.3, -0.25) is 4.79 Å². The lowest BCUT2D eigenvalue weighted by Gasteiger charge is -2.28. The number of carbonyl (C=O) groups is 1. The fourth-order valence-corrected chi connectivity index (χ4v) is 2.46. The van der Waals surface area contributed by atoms with Crippen LogP contribution in [0.5, 0.6) is 0 Å². The molecule has 1 amide bonds. The monoisotopic (exact) mass is 348 g/mol. The van der Waals surface area contributed by atoms with E-state index in [0.717, 1.165) is 18.7 Å². The lowest BCUT2D eigenvalue weighted by Crippen LogP contribution is -2.46. The highest BCUT2D eigenvalue weighted by atomic mass is 79.9. The molecule has 7 heteroatoms. The topological polar surface area (TPSA) is 41.6 Å². The SMILES string of the molecule is CN(CC1CNCCO1)C(=O)c1c(F)cc(Br)cc1F. The molecule has 1 aromatic carbocycles. The van der Waals surface area contributed by atoms with E-state index in [-0.39, 0.29) is 17.1 Å². The predicted molar refractivity (Wildman–Crippen MR) is 73.6 cm³/mol. The first kappa shape index (κ1) is 15.3. The van der Waals surface area contributed by atoms with Gasteiger partial charge in [-0.05, 0) is 12.1 Å². The van der Waals surface area contributed by atoms with Gasteiger partial charge in [-0.15, -0.1) is 0 Å². The normalized spacial score (nSPS) is 18.9. The van der Waals surface area contributed by atoms with Gasteiger partial charge in [-0.2, -0.15) is 0 Å². The van der Waals surface area contributed by atoms with Gasteiger partial charge in [0, 0.05) is 31.2 Å². The van der Waals surface area contributed by atoms with E-state index in [1.165, 1.54) is 11.9 Å². The summed E-state index contributed by atoms with van der Waals surface area (Å²) in [5, 5.41) is 3.13. The molecule has 1 aliphatic rings. The van der Waals surface area contributed by atoms with E-state index >= 15 is 0 Å². The molecule has 1 aromatic rings. The van der Waals surface area contributed by atoms with Crippen molar-refractivity contribution in [3.63, 3.8) is 0 Å². The van der Waals surface area contributed by atoms with Gasteiger partial charge < -0.3 is 15.0 Å². The van der Waals surface area contributed by atoms with Crippen LogP contribution < -0.4 is 5.32 Å². The summed E-state index contributed by atoms with van der Waals surface area (Å²) < 4.78 is 33.2. The minimum Gasteiger partial charge on any atom is -0.374 e. The average molecular weight is 349 g/mol. The molecule has 0 spiro atoms. The van der Waals surface area contributed by atoms with Crippen LogP contribution in [0.3, 0.4) is 0 Å². The van der Waals surface area contributed by atoms with Crippen molar-refractivity contribution in [1.29, 1.82) is 0 Å². The second-order valence-corrected chi connectivity index (χ2v) is 5.54. The third-order valence-electron chi connectivity index (χ3n) is 3.05. The van der Waals surface area contributed by atoms with Crippen molar-refractivity contribution >= 4 is 21.8 Å². The highest BCUT2D eigenvalue weighted by Crippen LogP contribution is 2.20. The van der Waals surface area contributed by atoms with Crippen LogP contribution in [0.2, 0.25) is 0 Å². The lowest BCUT2D eigenvalue weighted by molar-refractivity contribution is 0.0102. The van der Waals surface area contributed by atoms with E-state index in [0.29, 0.717) is 13.2 Å². The van der Waals surface area contributed by atoms with Gasteiger partial charge in [0.15, 0.2) is 0 Å². The number of amides is 1. The lowest BCUT2D eigenvalue weighted by atomic mass is 10.1. The number of ether oxygens (including phenoxy) is 1. The first-order valence-electron chi connectivity index (χ1n) is 6.21. The van der Waals surface area contributed by atoms with Crippen LogP contribution in [0.1, 0.15) is 10.4 Å². The summed E-state index contributed by atoms with van der Waals surface area (Å²) in [7, 11) is 1.50. The van der Waals surface area contributed by atoms with Gasteiger partial charge in [0.25, 0.3) is 5.91 Å². The number of hydrogen-bond acceptors (Lipinski definition) is 3. The predicted octanol–water partition coefficient (Wildman–Crippen LogP) is 1.79. The second kappa shape index (κ2) is 6.60. The largest absolute Gasteiger partial charge is 0.374 e. The number of nitrogens with one attached hydrogen (secondary N) is 1. The molecule has 0 radical (unpaired) electrons. The van der Waals surface area contributed by atoms with E-state index in [1.54, 1.807) is 0 Å². The van der Waals surface area contributed by atoms with Crippen molar-refractivity contribution in [2.75, 3.05) is 33.3 Å². The van der Waals surface area contributed by atoms with Gasteiger partial charge in [0.2, 0.25) is 0 Å². The molecule has 2 rings (SSSR count). The van der Waals surface area contributed by atoms with Crippen LogP contribution in [0.25, 0.3) is 0 Å². The van der Waals surface area contributed by atoms with E-state index in [2.05, 4.69) is 21.2 Å². The molecule has 1 heterocycles. The summed E-state index contributed by atoms with van der Waals surface area (Å²) >= 11 is 2.98. The molecule has 1 atom stereocenters. The molecule has 0 aromatic heterocycles. The van der Waals surface area contributed by atoms with Crippen molar-refractivity contribution in [1.82, 2.24) is 10.2 Å². The van der Waals surface area contributed by atoms with Crippen LogP contribution >= 0.6 is 15.9 Å². The van der Waals surface area contributed by atoms with Crippen molar-refractivity contribution in [2.45, 2.75) is 6.10 Å². The van der Waals surface area contributed by atoms with Gasteiger partial charge in [-0.1, -0.05) is 15.9 Å². The number of halogens is 3. The molecule has 1 fully saturated rings. The first-order chi connectivity index (χ1) is 9.49. The van der Waals surface area contributed by atoms with Gasteiger partial charge in [-0.25, -0.2) is 8.78 Å².